The zero-order valence-corrected chi connectivity index (χ0v) is 15.0. The third kappa shape index (κ3) is 6.47. The molecule has 0 spiro atoms. The van der Waals surface area contributed by atoms with E-state index in [9.17, 15) is 0 Å². The van der Waals surface area contributed by atoms with E-state index >= 15 is 0 Å². The fourth-order valence-corrected chi connectivity index (χ4v) is 7.06. The predicted molar refractivity (Wildman–Crippen MR) is 78.9 cm³/mol. The van der Waals surface area contributed by atoms with Crippen LogP contribution in [0.25, 0.3) is 0 Å². The number of likely N-dealkylation sites (tertiary alicyclic amines) is 1. The van der Waals surface area contributed by atoms with Crippen molar-refractivity contribution in [2.75, 3.05) is 13.6 Å². The van der Waals surface area contributed by atoms with Gasteiger partial charge in [0.2, 0.25) is 0 Å². The van der Waals surface area contributed by atoms with Gasteiger partial charge in [-0.25, -0.2) is 0 Å². The maximum absolute atomic E-state index is 2.51. The molecule has 2 rings (SSSR count). The zero-order valence-electron chi connectivity index (χ0n) is 12.2. The molecule has 17 heavy (non-hydrogen) atoms. The van der Waals surface area contributed by atoms with Crippen LogP contribution in [-0.2, 0) is 0 Å². The van der Waals surface area contributed by atoms with E-state index in [1.165, 1.54) is 51.5 Å². The van der Waals surface area contributed by atoms with Gasteiger partial charge in [-0.3, -0.25) is 0 Å². The SMILES string of the molecule is CCC[CH2][Sn][CH2]CCC.CN1CC2CCC1C2. The van der Waals surface area contributed by atoms with Gasteiger partial charge in [0.1, 0.15) is 0 Å². The Morgan fingerprint density at radius 2 is 1.71 bits per heavy atom. The number of fused-ring (bicyclic) bond motifs is 2. The van der Waals surface area contributed by atoms with E-state index in [1.54, 1.807) is 8.87 Å². The number of rotatable bonds is 6. The van der Waals surface area contributed by atoms with Crippen LogP contribution in [0.15, 0.2) is 0 Å². The second-order valence-corrected chi connectivity index (χ2v) is 10.0. The van der Waals surface area contributed by atoms with Crippen LogP contribution in [0.5, 0.6) is 0 Å². The summed E-state index contributed by atoms with van der Waals surface area (Å²) in [6.45, 7) is 5.96. The van der Waals surface area contributed by atoms with Gasteiger partial charge in [-0.2, -0.15) is 0 Å². The van der Waals surface area contributed by atoms with Crippen molar-refractivity contribution < 1.29 is 0 Å². The molecule has 2 aliphatic rings. The summed E-state index contributed by atoms with van der Waals surface area (Å²) in [5.74, 6) is 1.07. The Morgan fingerprint density at radius 3 is 2.00 bits per heavy atom. The largest absolute Gasteiger partial charge is 0.303 e. The first-order valence-electron chi connectivity index (χ1n) is 7.68. The average molecular weight is 344 g/mol. The van der Waals surface area contributed by atoms with Gasteiger partial charge in [-0.1, -0.05) is 0 Å². The smallest absolute Gasteiger partial charge is 0.00955 e. The summed E-state index contributed by atoms with van der Waals surface area (Å²) < 4.78 is 3.25. The van der Waals surface area contributed by atoms with Crippen LogP contribution in [0, 0.1) is 5.92 Å². The Bertz CT molecular complexity index is 176. The molecular weight excluding hydrogens is 313 g/mol. The molecule has 2 fully saturated rings. The third-order valence-corrected chi connectivity index (χ3v) is 8.13. The van der Waals surface area contributed by atoms with Crippen molar-refractivity contribution in [2.24, 2.45) is 5.92 Å². The summed E-state index contributed by atoms with van der Waals surface area (Å²) in [7, 11) is 2.25. The first-order chi connectivity index (χ1) is 8.27. The molecule has 1 heterocycles. The Balaban J connectivity index is 0.000000170. The van der Waals surface area contributed by atoms with Crippen molar-refractivity contribution in [3.8, 4) is 0 Å². The summed E-state index contributed by atoms with van der Waals surface area (Å²) in [6.07, 6.45) is 10.3. The molecule has 2 unspecified atom stereocenters. The van der Waals surface area contributed by atoms with Gasteiger partial charge < -0.3 is 4.90 Å². The van der Waals surface area contributed by atoms with Gasteiger partial charge in [0.05, 0.1) is 0 Å². The maximum atomic E-state index is 2.51. The molecule has 1 aliphatic carbocycles. The van der Waals surface area contributed by atoms with Crippen LogP contribution in [0.3, 0.4) is 0 Å². The summed E-state index contributed by atoms with van der Waals surface area (Å²) >= 11 is 0.149. The molecular formula is C15H31NSn. The third-order valence-electron chi connectivity index (χ3n) is 4.10. The number of piperidine rings is 1. The van der Waals surface area contributed by atoms with Crippen molar-refractivity contribution in [3.63, 3.8) is 0 Å². The molecule has 0 aromatic carbocycles. The molecule has 0 aromatic rings. The van der Waals surface area contributed by atoms with E-state index in [0.717, 1.165) is 12.0 Å². The zero-order chi connectivity index (χ0) is 12.5. The minimum Gasteiger partial charge on any atom is -0.303 e. The molecule has 0 amide bonds. The van der Waals surface area contributed by atoms with Crippen LogP contribution in [0.2, 0.25) is 8.87 Å². The minimum atomic E-state index is 0.149. The summed E-state index contributed by atoms with van der Waals surface area (Å²) in [5, 5.41) is 0. The Hall–Kier alpha value is 0.759. The number of unbranched alkanes of at least 4 members (excludes halogenated alkanes) is 2. The molecule has 1 aliphatic heterocycles. The second kappa shape index (κ2) is 9.66. The molecule has 0 N–H and O–H groups in total. The average Bonchev–Trinajstić information content (AvgIpc) is 2.91. The van der Waals surface area contributed by atoms with Gasteiger partial charge in [0.15, 0.2) is 0 Å². The Morgan fingerprint density at radius 1 is 1.06 bits per heavy atom. The molecule has 2 heteroatoms. The topological polar surface area (TPSA) is 3.24 Å². The fourth-order valence-electron chi connectivity index (χ4n) is 2.90. The monoisotopic (exact) mass is 345 g/mol. The fraction of sp³-hybridized carbons (Fsp3) is 1.00. The van der Waals surface area contributed by atoms with Gasteiger partial charge in [0.25, 0.3) is 0 Å². The molecule has 100 valence electrons. The molecule has 2 radical (unpaired) electrons. The minimum absolute atomic E-state index is 0.149. The van der Waals surface area contributed by atoms with Gasteiger partial charge in [0, 0.05) is 12.6 Å². The van der Waals surface area contributed by atoms with E-state index in [4.69, 9.17) is 0 Å². The van der Waals surface area contributed by atoms with E-state index in [2.05, 4.69) is 25.8 Å². The maximum Gasteiger partial charge on any atom is 0.00955 e. The van der Waals surface area contributed by atoms with Crippen LogP contribution >= 0.6 is 0 Å². The van der Waals surface area contributed by atoms with E-state index in [0.29, 0.717) is 0 Å². The first kappa shape index (κ1) is 15.8. The second-order valence-electron chi connectivity index (χ2n) is 5.73. The Labute approximate surface area is 119 Å². The van der Waals surface area contributed by atoms with Crippen LogP contribution in [0.1, 0.15) is 58.8 Å². The summed E-state index contributed by atoms with van der Waals surface area (Å²) in [5.41, 5.74) is 0. The van der Waals surface area contributed by atoms with E-state index in [1.807, 2.05) is 0 Å². The van der Waals surface area contributed by atoms with Crippen molar-refractivity contribution in [2.45, 2.75) is 73.7 Å². The van der Waals surface area contributed by atoms with Crippen molar-refractivity contribution in [1.82, 2.24) is 4.90 Å². The van der Waals surface area contributed by atoms with Crippen LogP contribution < -0.4 is 0 Å². The predicted octanol–water partition coefficient (Wildman–Crippen LogP) is 4.23. The Kier molecular flexibility index (Phi) is 8.98. The number of hydrogen-bond donors (Lipinski definition) is 0. The van der Waals surface area contributed by atoms with E-state index < -0.39 is 0 Å². The van der Waals surface area contributed by atoms with E-state index in [-0.39, 0.29) is 21.1 Å². The standard InChI is InChI=1S/C7H13N.2C4H9.Sn/c1-8-5-6-2-3-7(8)4-6;2*1-3-4-2;/h6-7H,2-5H2,1H3;2*1,3-4H2,2H3;. The van der Waals surface area contributed by atoms with Crippen LogP contribution in [-0.4, -0.2) is 45.7 Å². The normalized spacial score (nSPS) is 27.0. The first-order valence-corrected chi connectivity index (χ1v) is 11.7. The number of hydrogen-bond acceptors (Lipinski definition) is 1. The van der Waals surface area contributed by atoms with Crippen molar-refractivity contribution >= 4 is 21.1 Å². The van der Waals surface area contributed by atoms with Gasteiger partial charge in [-0.05, 0) is 32.2 Å². The van der Waals surface area contributed by atoms with Crippen molar-refractivity contribution in [1.29, 1.82) is 0 Å². The van der Waals surface area contributed by atoms with Crippen LogP contribution in [0.4, 0.5) is 0 Å². The van der Waals surface area contributed by atoms with Crippen molar-refractivity contribution in [3.05, 3.63) is 0 Å². The quantitative estimate of drug-likeness (QED) is 0.515. The molecule has 0 aromatic heterocycles. The number of nitrogens with zero attached hydrogens (tertiary/aromatic N) is 1. The molecule has 2 bridgehead atoms. The van der Waals surface area contributed by atoms with Gasteiger partial charge in [-0.15, -0.1) is 0 Å². The summed E-state index contributed by atoms with van der Waals surface area (Å²) in [4.78, 5) is 2.51. The molecule has 2 atom stereocenters. The van der Waals surface area contributed by atoms with Gasteiger partial charge >= 0.3 is 69.5 Å². The molecule has 1 saturated carbocycles. The summed E-state index contributed by atoms with van der Waals surface area (Å²) in [6, 6.07) is 0.972. The molecule has 1 nitrogen and oxygen atoms in total. The molecule has 1 saturated heterocycles.